The molecule has 2 rings (SSSR count). The van der Waals surface area contributed by atoms with Gasteiger partial charge in [-0.25, -0.2) is 4.39 Å². The molecule has 2 aromatic rings. The number of nitrogens with two attached hydrogens (primary N) is 1. The summed E-state index contributed by atoms with van der Waals surface area (Å²) in [6, 6.07) is 7.50. The van der Waals surface area contributed by atoms with Crippen molar-refractivity contribution in [2.24, 2.45) is 0 Å². The number of nitrogens with zero attached hydrogens (tertiary/aromatic N) is 3. The highest BCUT2D eigenvalue weighted by atomic mass is 19.1. The zero-order chi connectivity index (χ0) is 13.8. The molecule has 0 spiro atoms. The Morgan fingerprint density at radius 2 is 2.26 bits per heavy atom. The van der Waals surface area contributed by atoms with Crippen LogP contribution in [0.4, 0.5) is 10.2 Å². The van der Waals surface area contributed by atoms with Crippen LogP contribution in [0.15, 0.2) is 30.5 Å². The maximum atomic E-state index is 13.3. The molecule has 1 heterocycles. The minimum absolute atomic E-state index is 0.0397. The molecule has 1 aromatic heterocycles. The van der Waals surface area contributed by atoms with Gasteiger partial charge in [-0.2, -0.15) is 15.0 Å². The van der Waals surface area contributed by atoms with E-state index in [2.05, 4.69) is 5.10 Å². The molecule has 0 fully saturated rings. The lowest BCUT2D eigenvalue weighted by molar-refractivity contribution is 0.0821. The second kappa shape index (κ2) is 5.18. The zero-order valence-corrected chi connectivity index (χ0v) is 9.71. The average Bonchev–Trinajstić information content (AvgIpc) is 2.78. The Hall–Kier alpha value is -2.88. The van der Waals surface area contributed by atoms with Crippen molar-refractivity contribution in [3.63, 3.8) is 0 Å². The fourth-order valence-corrected chi connectivity index (χ4v) is 1.41. The van der Waals surface area contributed by atoms with E-state index < -0.39 is 18.3 Å². The van der Waals surface area contributed by atoms with Crippen molar-refractivity contribution < 1.29 is 13.9 Å². The van der Waals surface area contributed by atoms with Gasteiger partial charge in [-0.05, 0) is 12.1 Å². The number of benzene rings is 1. The summed E-state index contributed by atoms with van der Waals surface area (Å²) in [4.78, 5) is 11.7. The van der Waals surface area contributed by atoms with Gasteiger partial charge in [-0.1, -0.05) is 12.1 Å². The SMILES string of the molecule is N#Cc1cnn(C(=O)COc2ccccc2F)c1N. The van der Waals surface area contributed by atoms with Gasteiger partial charge in [0, 0.05) is 0 Å². The molecule has 0 atom stereocenters. The van der Waals surface area contributed by atoms with Gasteiger partial charge in [0.15, 0.2) is 18.2 Å². The van der Waals surface area contributed by atoms with E-state index in [9.17, 15) is 9.18 Å². The smallest absolute Gasteiger partial charge is 0.286 e. The van der Waals surface area contributed by atoms with Crippen LogP contribution in [0, 0.1) is 17.1 Å². The summed E-state index contributed by atoms with van der Waals surface area (Å²) >= 11 is 0. The minimum atomic E-state index is -0.595. The van der Waals surface area contributed by atoms with Crippen molar-refractivity contribution in [1.82, 2.24) is 9.78 Å². The predicted octanol–water partition coefficient (Wildman–Crippen LogP) is 1.20. The Morgan fingerprint density at radius 1 is 1.53 bits per heavy atom. The minimum Gasteiger partial charge on any atom is -0.481 e. The van der Waals surface area contributed by atoms with Crippen molar-refractivity contribution in [3.8, 4) is 11.8 Å². The van der Waals surface area contributed by atoms with Gasteiger partial charge in [-0.15, -0.1) is 0 Å². The Morgan fingerprint density at radius 3 is 2.89 bits per heavy atom. The third-order valence-electron chi connectivity index (χ3n) is 2.35. The van der Waals surface area contributed by atoms with Gasteiger partial charge in [-0.3, -0.25) is 4.79 Å². The molecule has 0 bridgehead atoms. The second-order valence-corrected chi connectivity index (χ2v) is 3.58. The molecular weight excluding hydrogens is 251 g/mol. The van der Waals surface area contributed by atoms with E-state index in [1.54, 1.807) is 12.1 Å². The number of rotatable bonds is 3. The molecule has 0 amide bonds. The summed E-state index contributed by atoms with van der Waals surface area (Å²) in [5.74, 6) is -1.27. The first kappa shape index (κ1) is 12.6. The molecule has 2 N–H and O–H groups in total. The van der Waals surface area contributed by atoms with Crippen LogP contribution in [0.3, 0.4) is 0 Å². The van der Waals surface area contributed by atoms with E-state index in [0.29, 0.717) is 0 Å². The fraction of sp³-hybridized carbons (Fsp3) is 0.0833. The van der Waals surface area contributed by atoms with Crippen molar-refractivity contribution in [2.45, 2.75) is 0 Å². The predicted molar refractivity (Wildman–Crippen MR) is 63.9 cm³/mol. The standard InChI is InChI=1S/C12H9FN4O2/c13-9-3-1-2-4-10(9)19-7-11(18)17-12(15)8(5-14)6-16-17/h1-4,6H,7,15H2. The number of carbonyl (C=O) groups excluding carboxylic acids is 1. The monoisotopic (exact) mass is 260 g/mol. The molecule has 19 heavy (non-hydrogen) atoms. The van der Waals surface area contributed by atoms with Crippen LogP contribution in [-0.4, -0.2) is 22.3 Å². The highest BCUT2D eigenvalue weighted by molar-refractivity contribution is 5.83. The maximum absolute atomic E-state index is 13.3. The summed E-state index contributed by atoms with van der Waals surface area (Å²) in [5.41, 5.74) is 5.64. The summed E-state index contributed by atoms with van der Waals surface area (Å²) in [7, 11) is 0. The third-order valence-corrected chi connectivity index (χ3v) is 2.35. The average molecular weight is 260 g/mol. The Kier molecular flexibility index (Phi) is 3.43. The van der Waals surface area contributed by atoms with E-state index in [1.807, 2.05) is 0 Å². The summed E-state index contributed by atoms with van der Waals surface area (Å²) in [5, 5.41) is 12.3. The molecule has 96 valence electrons. The maximum Gasteiger partial charge on any atom is 0.286 e. The van der Waals surface area contributed by atoms with Crippen LogP contribution < -0.4 is 10.5 Å². The molecule has 6 nitrogen and oxygen atoms in total. The first-order chi connectivity index (χ1) is 9.13. The number of halogens is 1. The normalized spacial score (nSPS) is 9.89. The largest absolute Gasteiger partial charge is 0.481 e. The van der Waals surface area contributed by atoms with Gasteiger partial charge < -0.3 is 10.5 Å². The Labute approximate surface area is 107 Å². The number of carbonyl (C=O) groups is 1. The van der Waals surface area contributed by atoms with Crippen molar-refractivity contribution in [3.05, 3.63) is 41.8 Å². The van der Waals surface area contributed by atoms with E-state index in [4.69, 9.17) is 15.7 Å². The lowest BCUT2D eigenvalue weighted by Crippen LogP contribution is -2.22. The highest BCUT2D eigenvalue weighted by Crippen LogP contribution is 2.15. The van der Waals surface area contributed by atoms with E-state index in [1.165, 1.54) is 24.4 Å². The van der Waals surface area contributed by atoms with Crippen LogP contribution >= 0.6 is 0 Å². The number of ether oxygens (including phenoxy) is 1. The highest BCUT2D eigenvalue weighted by Gasteiger charge is 2.14. The number of aromatic nitrogens is 2. The molecule has 0 aliphatic carbocycles. The lowest BCUT2D eigenvalue weighted by Gasteiger charge is -2.06. The third kappa shape index (κ3) is 2.52. The van der Waals surface area contributed by atoms with Crippen LogP contribution in [0.25, 0.3) is 0 Å². The topological polar surface area (TPSA) is 93.9 Å². The van der Waals surface area contributed by atoms with Crippen molar-refractivity contribution in [2.75, 3.05) is 12.3 Å². The lowest BCUT2D eigenvalue weighted by atomic mass is 10.3. The quantitative estimate of drug-likeness (QED) is 0.894. The van der Waals surface area contributed by atoms with Gasteiger partial charge in [0.1, 0.15) is 17.5 Å². The van der Waals surface area contributed by atoms with E-state index in [-0.39, 0.29) is 17.1 Å². The number of para-hydroxylation sites is 1. The molecule has 0 aliphatic heterocycles. The number of nitriles is 1. The molecule has 7 heteroatoms. The fourth-order valence-electron chi connectivity index (χ4n) is 1.41. The van der Waals surface area contributed by atoms with Crippen molar-refractivity contribution >= 4 is 11.7 Å². The number of nitrogen functional groups attached to an aromatic ring is 1. The molecule has 0 aliphatic rings. The van der Waals surface area contributed by atoms with Gasteiger partial charge in [0.2, 0.25) is 0 Å². The Balaban J connectivity index is 2.08. The first-order valence-electron chi connectivity index (χ1n) is 5.27. The molecule has 1 aromatic carbocycles. The number of hydrogen-bond donors (Lipinski definition) is 1. The molecule has 0 saturated heterocycles. The number of anilines is 1. The molecular formula is C12H9FN4O2. The summed E-state index contributed by atoms with van der Waals surface area (Å²) < 4.78 is 19.1. The number of hydrogen-bond acceptors (Lipinski definition) is 5. The van der Waals surface area contributed by atoms with Crippen LogP contribution in [0.2, 0.25) is 0 Å². The van der Waals surface area contributed by atoms with Crippen LogP contribution in [0.5, 0.6) is 5.75 Å². The van der Waals surface area contributed by atoms with Crippen LogP contribution in [0.1, 0.15) is 10.4 Å². The van der Waals surface area contributed by atoms with Crippen molar-refractivity contribution in [1.29, 1.82) is 5.26 Å². The first-order valence-corrected chi connectivity index (χ1v) is 5.27. The van der Waals surface area contributed by atoms with Crippen LogP contribution in [-0.2, 0) is 0 Å². The van der Waals surface area contributed by atoms with E-state index in [0.717, 1.165) is 4.68 Å². The summed E-state index contributed by atoms with van der Waals surface area (Å²) in [6.07, 6.45) is 1.18. The van der Waals surface area contributed by atoms with Gasteiger partial charge in [0.05, 0.1) is 6.20 Å². The second-order valence-electron chi connectivity index (χ2n) is 3.58. The molecule has 0 unspecified atom stereocenters. The Bertz CT molecular complexity index is 660. The summed E-state index contributed by atoms with van der Waals surface area (Å²) in [6.45, 7) is -0.433. The van der Waals surface area contributed by atoms with Gasteiger partial charge >= 0.3 is 0 Å². The van der Waals surface area contributed by atoms with E-state index >= 15 is 0 Å². The molecule has 0 saturated carbocycles. The zero-order valence-electron chi connectivity index (χ0n) is 9.71. The molecule has 0 radical (unpaired) electrons. The van der Waals surface area contributed by atoms with Gasteiger partial charge in [0.25, 0.3) is 5.91 Å².